The summed E-state index contributed by atoms with van der Waals surface area (Å²) in [5, 5.41) is 3.87. The Bertz CT molecular complexity index is 415. The normalized spacial score (nSPS) is 11.6. The highest BCUT2D eigenvalue weighted by atomic mass is 16.5. The molecule has 14 heavy (non-hydrogen) atoms. The van der Waals surface area contributed by atoms with E-state index in [1.165, 1.54) is 5.56 Å². The van der Waals surface area contributed by atoms with Crippen LogP contribution in [0.2, 0.25) is 0 Å². The maximum atomic E-state index is 4.78. The van der Waals surface area contributed by atoms with E-state index in [0.29, 0.717) is 0 Å². The molecule has 0 bridgehead atoms. The summed E-state index contributed by atoms with van der Waals surface area (Å²) in [6, 6.07) is 12.0. The number of rotatable bonds is 2. The van der Waals surface area contributed by atoms with Crippen LogP contribution in [0.3, 0.4) is 0 Å². The Morgan fingerprint density at radius 2 is 2.00 bits per heavy atom. The van der Waals surface area contributed by atoms with Gasteiger partial charge in [-0.25, -0.2) is 0 Å². The number of hydrogen-bond donors (Lipinski definition) is 0. The van der Waals surface area contributed by atoms with E-state index in [9.17, 15) is 0 Å². The molecule has 2 aromatic rings. The van der Waals surface area contributed by atoms with Crippen LogP contribution in [0.1, 0.15) is 18.2 Å². The van der Waals surface area contributed by atoms with Crippen molar-refractivity contribution in [1.29, 1.82) is 0 Å². The molecular weight excluding hydrogens is 174 g/mol. The first-order valence-electron chi connectivity index (χ1n) is 4.50. The van der Waals surface area contributed by atoms with E-state index in [1.54, 1.807) is 6.26 Å². The van der Waals surface area contributed by atoms with Crippen LogP contribution in [0.4, 0.5) is 0 Å². The molecule has 0 fully saturated rings. The Morgan fingerprint density at radius 3 is 2.64 bits per heavy atom. The Labute approximate surface area is 82.9 Å². The highest BCUT2D eigenvalue weighted by molar-refractivity contribution is 5.78. The fraction of sp³-hybridized carbons (Fsp3) is 0.0833. The molecule has 0 aliphatic carbocycles. The fourth-order valence-electron chi connectivity index (χ4n) is 1.29. The SMILES string of the molecule is C/C(=C/c1ccccc1)c1ccon1. The lowest BCUT2D eigenvalue weighted by molar-refractivity contribution is 0.418. The van der Waals surface area contributed by atoms with Crippen LogP contribution in [0.25, 0.3) is 11.6 Å². The third-order valence-corrected chi connectivity index (χ3v) is 2.02. The summed E-state index contributed by atoms with van der Waals surface area (Å²) in [6.07, 6.45) is 3.66. The maximum Gasteiger partial charge on any atom is 0.124 e. The van der Waals surface area contributed by atoms with E-state index < -0.39 is 0 Å². The summed E-state index contributed by atoms with van der Waals surface area (Å²) in [7, 11) is 0. The molecule has 0 saturated carbocycles. The zero-order valence-corrected chi connectivity index (χ0v) is 7.97. The highest BCUT2D eigenvalue weighted by Gasteiger charge is 1.98. The first-order chi connectivity index (χ1) is 6.86. The topological polar surface area (TPSA) is 26.0 Å². The van der Waals surface area contributed by atoms with Gasteiger partial charge in [0.15, 0.2) is 0 Å². The second kappa shape index (κ2) is 3.92. The first-order valence-corrected chi connectivity index (χ1v) is 4.50. The summed E-state index contributed by atoms with van der Waals surface area (Å²) in [5.74, 6) is 0. The lowest BCUT2D eigenvalue weighted by Crippen LogP contribution is -1.78. The van der Waals surface area contributed by atoms with Crippen LogP contribution in [0.15, 0.2) is 47.2 Å². The summed E-state index contributed by atoms with van der Waals surface area (Å²) in [6.45, 7) is 2.02. The van der Waals surface area contributed by atoms with Gasteiger partial charge < -0.3 is 4.52 Å². The highest BCUT2D eigenvalue weighted by Crippen LogP contribution is 2.15. The quantitative estimate of drug-likeness (QED) is 0.717. The van der Waals surface area contributed by atoms with Gasteiger partial charge >= 0.3 is 0 Å². The van der Waals surface area contributed by atoms with Gasteiger partial charge in [-0.2, -0.15) is 0 Å². The molecule has 1 heterocycles. The molecule has 0 aliphatic heterocycles. The predicted octanol–water partition coefficient (Wildman–Crippen LogP) is 3.24. The third kappa shape index (κ3) is 1.91. The number of benzene rings is 1. The van der Waals surface area contributed by atoms with Crippen molar-refractivity contribution in [3.05, 3.63) is 53.9 Å². The molecule has 1 aromatic carbocycles. The molecule has 0 unspecified atom stereocenters. The van der Waals surface area contributed by atoms with Gasteiger partial charge in [0.1, 0.15) is 12.0 Å². The third-order valence-electron chi connectivity index (χ3n) is 2.02. The second-order valence-electron chi connectivity index (χ2n) is 3.12. The van der Waals surface area contributed by atoms with Crippen molar-refractivity contribution in [3.63, 3.8) is 0 Å². The van der Waals surface area contributed by atoms with Crippen molar-refractivity contribution in [1.82, 2.24) is 5.16 Å². The van der Waals surface area contributed by atoms with Crippen molar-refractivity contribution < 1.29 is 4.52 Å². The molecule has 1 aromatic heterocycles. The van der Waals surface area contributed by atoms with Gasteiger partial charge in [0.05, 0.1) is 0 Å². The maximum absolute atomic E-state index is 4.78. The molecule has 0 aliphatic rings. The first kappa shape index (κ1) is 8.75. The van der Waals surface area contributed by atoms with Crippen molar-refractivity contribution >= 4 is 11.6 Å². The average Bonchev–Trinajstić information content (AvgIpc) is 2.72. The fourth-order valence-corrected chi connectivity index (χ4v) is 1.29. The standard InChI is InChI=1S/C12H11NO/c1-10(12-7-8-14-13-12)9-11-5-3-2-4-6-11/h2-9H,1H3/b10-9-. The molecular formula is C12H11NO. The molecule has 0 atom stereocenters. The Kier molecular flexibility index (Phi) is 2.45. The smallest absolute Gasteiger partial charge is 0.124 e. The zero-order valence-electron chi connectivity index (χ0n) is 7.97. The van der Waals surface area contributed by atoms with Crippen molar-refractivity contribution in [2.24, 2.45) is 0 Å². The number of aromatic nitrogens is 1. The lowest BCUT2D eigenvalue weighted by Gasteiger charge is -1.95. The lowest BCUT2D eigenvalue weighted by atomic mass is 10.1. The van der Waals surface area contributed by atoms with Crippen molar-refractivity contribution in [2.45, 2.75) is 6.92 Å². The van der Waals surface area contributed by atoms with Gasteiger partial charge in [-0.1, -0.05) is 35.5 Å². The molecule has 0 N–H and O–H groups in total. The minimum Gasteiger partial charge on any atom is -0.364 e. The molecule has 0 radical (unpaired) electrons. The van der Waals surface area contributed by atoms with E-state index >= 15 is 0 Å². The van der Waals surface area contributed by atoms with E-state index in [1.807, 2.05) is 31.2 Å². The molecule has 0 amide bonds. The summed E-state index contributed by atoms with van der Waals surface area (Å²) in [5.41, 5.74) is 3.16. The van der Waals surface area contributed by atoms with Crippen LogP contribution in [-0.2, 0) is 0 Å². The van der Waals surface area contributed by atoms with E-state index in [-0.39, 0.29) is 0 Å². The molecule has 2 nitrogen and oxygen atoms in total. The van der Waals surface area contributed by atoms with E-state index in [0.717, 1.165) is 11.3 Å². The minimum atomic E-state index is 0.883. The van der Waals surface area contributed by atoms with Crippen LogP contribution in [0.5, 0.6) is 0 Å². The number of nitrogens with zero attached hydrogens (tertiary/aromatic N) is 1. The molecule has 2 heteroatoms. The van der Waals surface area contributed by atoms with Gasteiger partial charge in [-0.3, -0.25) is 0 Å². The van der Waals surface area contributed by atoms with Crippen LogP contribution >= 0.6 is 0 Å². The van der Waals surface area contributed by atoms with Gasteiger partial charge in [0.2, 0.25) is 0 Å². The summed E-state index contributed by atoms with van der Waals surface area (Å²) < 4.78 is 4.78. The minimum absolute atomic E-state index is 0.883. The number of allylic oxidation sites excluding steroid dienone is 1. The van der Waals surface area contributed by atoms with E-state index in [4.69, 9.17) is 4.52 Å². The van der Waals surface area contributed by atoms with Crippen LogP contribution in [0, 0.1) is 0 Å². The van der Waals surface area contributed by atoms with Crippen LogP contribution < -0.4 is 0 Å². The second-order valence-corrected chi connectivity index (χ2v) is 3.12. The molecule has 70 valence electrons. The van der Waals surface area contributed by atoms with Crippen molar-refractivity contribution in [2.75, 3.05) is 0 Å². The predicted molar refractivity (Wildman–Crippen MR) is 56.5 cm³/mol. The summed E-state index contributed by atoms with van der Waals surface area (Å²) >= 11 is 0. The largest absolute Gasteiger partial charge is 0.364 e. The van der Waals surface area contributed by atoms with Crippen LogP contribution in [-0.4, -0.2) is 5.16 Å². The monoisotopic (exact) mass is 185 g/mol. The molecule has 0 spiro atoms. The Morgan fingerprint density at radius 1 is 1.21 bits per heavy atom. The van der Waals surface area contributed by atoms with Gasteiger partial charge in [0, 0.05) is 6.07 Å². The Hall–Kier alpha value is -1.83. The average molecular weight is 185 g/mol. The Balaban J connectivity index is 2.28. The molecule has 0 saturated heterocycles. The molecule has 2 rings (SSSR count). The van der Waals surface area contributed by atoms with Crippen molar-refractivity contribution in [3.8, 4) is 0 Å². The van der Waals surface area contributed by atoms with Gasteiger partial charge in [-0.05, 0) is 24.1 Å². The van der Waals surface area contributed by atoms with Gasteiger partial charge in [0.25, 0.3) is 0 Å². The summed E-state index contributed by atoms with van der Waals surface area (Å²) in [4.78, 5) is 0. The number of hydrogen-bond acceptors (Lipinski definition) is 2. The zero-order chi connectivity index (χ0) is 9.80. The van der Waals surface area contributed by atoms with E-state index in [2.05, 4.69) is 23.4 Å². The van der Waals surface area contributed by atoms with Gasteiger partial charge in [-0.15, -0.1) is 0 Å².